The monoisotopic (exact) mass is 544 g/mol. The molecule has 4 nitrogen and oxygen atoms in total. The molecule has 0 aromatic heterocycles. The van der Waals surface area contributed by atoms with E-state index < -0.39 is 0 Å². The van der Waals surface area contributed by atoms with Crippen molar-refractivity contribution >= 4 is 12.0 Å². The van der Waals surface area contributed by atoms with Gasteiger partial charge in [0.1, 0.15) is 11.5 Å². The quantitative estimate of drug-likeness (QED) is 0.0627. The van der Waals surface area contributed by atoms with Crippen LogP contribution in [0.1, 0.15) is 155 Å². The highest BCUT2D eigenvalue weighted by atomic mass is 16.5. The van der Waals surface area contributed by atoms with Gasteiger partial charge in [0.2, 0.25) is 0 Å². The standard InChI is InChI=1S/C35H60O4/c1-4-7-9-11-13-15-17-19-21-23-30-38-33-26-25-27-34(32(33)28-29-35(36)37-6-3)39-31-24-22-20-18-16-14-12-10-8-5-2/h25-29H,4-24,30-31H2,1-3H3. The average Bonchev–Trinajstić information content (AvgIpc) is 2.94. The van der Waals surface area contributed by atoms with Crippen molar-refractivity contribution in [3.63, 3.8) is 0 Å². The lowest BCUT2D eigenvalue weighted by atomic mass is 10.1. The Bertz CT molecular complexity index is 683. The molecule has 1 rings (SSSR count). The molecule has 0 spiro atoms. The van der Waals surface area contributed by atoms with Crippen LogP contribution in [0, 0.1) is 0 Å². The zero-order chi connectivity index (χ0) is 28.2. The van der Waals surface area contributed by atoms with Gasteiger partial charge >= 0.3 is 5.97 Å². The molecule has 0 aliphatic heterocycles. The number of ether oxygens (including phenoxy) is 3. The fraction of sp³-hybridized carbons (Fsp3) is 0.743. The summed E-state index contributed by atoms with van der Waals surface area (Å²) in [5, 5.41) is 0. The molecule has 0 N–H and O–H groups in total. The largest absolute Gasteiger partial charge is 0.493 e. The summed E-state index contributed by atoms with van der Waals surface area (Å²) in [5.41, 5.74) is 0.824. The Labute approximate surface area is 241 Å². The first kappa shape index (κ1) is 35.1. The lowest BCUT2D eigenvalue weighted by Gasteiger charge is -2.14. The summed E-state index contributed by atoms with van der Waals surface area (Å²) in [6.07, 6.45) is 29.3. The zero-order valence-corrected chi connectivity index (χ0v) is 25.8. The van der Waals surface area contributed by atoms with Gasteiger partial charge in [-0.25, -0.2) is 4.79 Å². The molecule has 0 radical (unpaired) electrons. The summed E-state index contributed by atoms with van der Waals surface area (Å²) in [4.78, 5) is 12.0. The number of carbonyl (C=O) groups excluding carboxylic acids is 1. The number of carbonyl (C=O) groups is 1. The van der Waals surface area contributed by atoms with E-state index in [9.17, 15) is 4.79 Å². The van der Waals surface area contributed by atoms with Gasteiger partial charge < -0.3 is 14.2 Å². The van der Waals surface area contributed by atoms with Crippen molar-refractivity contribution in [2.45, 2.75) is 149 Å². The maximum absolute atomic E-state index is 12.0. The Morgan fingerprint density at radius 1 is 0.590 bits per heavy atom. The molecule has 39 heavy (non-hydrogen) atoms. The molecule has 0 fully saturated rings. The second-order valence-corrected chi connectivity index (χ2v) is 10.8. The summed E-state index contributed by atoms with van der Waals surface area (Å²) < 4.78 is 17.4. The topological polar surface area (TPSA) is 44.8 Å². The molecule has 0 saturated carbocycles. The van der Waals surface area contributed by atoms with Gasteiger partial charge in [0.05, 0.1) is 25.4 Å². The van der Waals surface area contributed by atoms with Gasteiger partial charge in [0.25, 0.3) is 0 Å². The van der Waals surface area contributed by atoms with E-state index >= 15 is 0 Å². The minimum absolute atomic E-state index is 0.345. The van der Waals surface area contributed by atoms with Crippen LogP contribution in [0.5, 0.6) is 11.5 Å². The van der Waals surface area contributed by atoms with Crippen LogP contribution in [0.4, 0.5) is 0 Å². The van der Waals surface area contributed by atoms with Gasteiger partial charge in [-0.2, -0.15) is 0 Å². The SMILES string of the molecule is CCCCCCCCCCCCOc1cccc(OCCCCCCCCCCCC)c1C=CC(=O)OCC. The lowest BCUT2D eigenvalue weighted by Crippen LogP contribution is -2.04. The highest BCUT2D eigenvalue weighted by molar-refractivity contribution is 5.88. The molecule has 4 heteroatoms. The molecule has 0 aliphatic rings. The number of rotatable bonds is 27. The third kappa shape index (κ3) is 19.7. The zero-order valence-electron chi connectivity index (χ0n) is 25.8. The maximum atomic E-state index is 12.0. The third-order valence-corrected chi connectivity index (χ3v) is 7.21. The minimum Gasteiger partial charge on any atom is -0.493 e. The van der Waals surface area contributed by atoms with Crippen molar-refractivity contribution in [2.24, 2.45) is 0 Å². The number of hydrogen-bond acceptors (Lipinski definition) is 4. The van der Waals surface area contributed by atoms with Crippen molar-refractivity contribution in [1.29, 1.82) is 0 Å². The van der Waals surface area contributed by atoms with Crippen molar-refractivity contribution in [2.75, 3.05) is 19.8 Å². The summed E-state index contributed by atoms with van der Waals surface area (Å²) >= 11 is 0. The smallest absolute Gasteiger partial charge is 0.330 e. The Balaban J connectivity index is 2.43. The van der Waals surface area contributed by atoms with Gasteiger partial charge in [-0.3, -0.25) is 0 Å². The van der Waals surface area contributed by atoms with Crippen LogP contribution in [-0.4, -0.2) is 25.8 Å². The number of hydrogen-bond donors (Lipinski definition) is 0. The van der Waals surface area contributed by atoms with Crippen LogP contribution in [0.3, 0.4) is 0 Å². The molecule has 224 valence electrons. The normalized spacial score (nSPS) is 11.3. The first-order valence-electron chi connectivity index (χ1n) is 16.5. The van der Waals surface area contributed by atoms with E-state index in [-0.39, 0.29) is 5.97 Å². The van der Waals surface area contributed by atoms with Crippen LogP contribution in [0.2, 0.25) is 0 Å². The van der Waals surface area contributed by atoms with Crippen LogP contribution < -0.4 is 9.47 Å². The molecule has 1 aromatic rings. The number of esters is 1. The van der Waals surface area contributed by atoms with Gasteiger partial charge in [-0.15, -0.1) is 0 Å². The summed E-state index contributed by atoms with van der Waals surface area (Å²) in [7, 11) is 0. The van der Waals surface area contributed by atoms with Crippen LogP contribution in [0.25, 0.3) is 6.08 Å². The van der Waals surface area contributed by atoms with Crippen molar-refractivity contribution in [3.05, 3.63) is 29.8 Å². The maximum Gasteiger partial charge on any atom is 0.330 e. The Kier molecular flexibility index (Phi) is 23.6. The average molecular weight is 545 g/mol. The third-order valence-electron chi connectivity index (χ3n) is 7.21. The van der Waals surface area contributed by atoms with Crippen LogP contribution in [0.15, 0.2) is 24.3 Å². The van der Waals surface area contributed by atoms with Crippen molar-refractivity contribution < 1.29 is 19.0 Å². The molecular weight excluding hydrogens is 484 g/mol. The highest BCUT2D eigenvalue weighted by Crippen LogP contribution is 2.31. The van der Waals surface area contributed by atoms with E-state index in [1.54, 1.807) is 6.08 Å². The minimum atomic E-state index is -0.345. The van der Waals surface area contributed by atoms with Crippen LogP contribution >= 0.6 is 0 Å². The number of unbranched alkanes of at least 4 members (excludes halogenated alkanes) is 18. The van der Waals surface area contributed by atoms with Gasteiger partial charge in [-0.05, 0) is 38.0 Å². The Morgan fingerprint density at radius 3 is 1.36 bits per heavy atom. The first-order valence-corrected chi connectivity index (χ1v) is 16.5. The van der Waals surface area contributed by atoms with Crippen LogP contribution in [-0.2, 0) is 9.53 Å². The highest BCUT2D eigenvalue weighted by Gasteiger charge is 2.10. The molecule has 0 bridgehead atoms. The second-order valence-electron chi connectivity index (χ2n) is 10.8. The predicted octanol–water partition coefficient (Wildman–Crippen LogP) is 10.9. The van der Waals surface area contributed by atoms with Gasteiger partial charge in [-0.1, -0.05) is 135 Å². The van der Waals surface area contributed by atoms with Gasteiger partial charge in [0, 0.05) is 6.08 Å². The van der Waals surface area contributed by atoms with E-state index in [1.165, 1.54) is 122 Å². The summed E-state index contributed by atoms with van der Waals surface area (Å²) in [6.45, 7) is 8.07. The molecule has 0 atom stereocenters. The Hall–Kier alpha value is -1.97. The van der Waals surface area contributed by atoms with Crippen molar-refractivity contribution in [3.8, 4) is 11.5 Å². The van der Waals surface area contributed by atoms with E-state index in [4.69, 9.17) is 14.2 Å². The van der Waals surface area contributed by atoms with E-state index in [0.29, 0.717) is 19.8 Å². The molecule has 0 amide bonds. The Morgan fingerprint density at radius 2 is 0.974 bits per heavy atom. The summed E-state index contributed by atoms with van der Waals surface area (Å²) in [6, 6.07) is 5.91. The summed E-state index contributed by atoms with van der Waals surface area (Å²) in [5.74, 6) is 1.20. The second kappa shape index (κ2) is 26.3. The molecule has 1 aromatic carbocycles. The number of benzene rings is 1. The molecule has 0 heterocycles. The molecule has 0 aliphatic carbocycles. The van der Waals surface area contributed by atoms with E-state index in [2.05, 4.69) is 13.8 Å². The van der Waals surface area contributed by atoms with Gasteiger partial charge in [0.15, 0.2) is 0 Å². The molecule has 0 unspecified atom stereocenters. The fourth-order valence-corrected chi connectivity index (χ4v) is 4.82. The fourth-order valence-electron chi connectivity index (χ4n) is 4.82. The molecular formula is C35H60O4. The van der Waals surface area contributed by atoms with Crippen molar-refractivity contribution in [1.82, 2.24) is 0 Å². The van der Waals surface area contributed by atoms with E-state index in [0.717, 1.165) is 29.9 Å². The van der Waals surface area contributed by atoms with E-state index in [1.807, 2.05) is 25.1 Å². The molecule has 0 saturated heterocycles. The predicted molar refractivity (Wildman–Crippen MR) is 167 cm³/mol. The lowest BCUT2D eigenvalue weighted by molar-refractivity contribution is -0.137. The first-order chi connectivity index (χ1) is 19.2.